The molecule has 3 aromatic rings. The third-order valence-electron chi connectivity index (χ3n) is 5.24. The average Bonchev–Trinajstić information content (AvgIpc) is 3.26. The molecule has 0 aliphatic carbocycles. The summed E-state index contributed by atoms with van der Waals surface area (Å²) in [5, 5.41) is 8.99. The summed E-state index contributed by atoms with van der Waals surface area (Å²) in [5.41, 5.74) is 2.71. The highest BCUT2D eigenvalue weighted by Crippen LogP contribution is 2.27. The minimum atomic E-state index is -0.712. The van der Waals surface area contributed by atoms with E-state index in [1.165, 1.54) is 17.0 Å². The molecule has 0 saturated carbocycles. The van der Waals surface area contributed by atoms with Crippen molar-refractivity contribution in [1.29, 1.82) is 5.26 Å². The minimum Gasteiger partial charge on any atom is -0.347 e. The lowest BCUT2D eigenvalue weighted by atomic mass is 10.00. The molecule has 1 N–H and O–H groups in total. The van der Waals surface area contributed by atoms with Gasteiger partial charge in [0.1, 0.15) is 11.6 Å². The van der Waals surface area contributed by atoms with Crippen molar-refractivity contribution in [3.8, 4) is 6.07 Å². The summed E-state index contributed by atoms with van der Waals surface area (Å²) in [6.45, 7) is 0.960. The summed E-state index contributed by atoms with van der Waals surface area (Å²) in [6.07, 6.45) is 3.94. The Labute approximate surface area is 172 Å². The van der Waals surface area contributed by atoms with Crippen molar-refractivity contribution in [1.82, 2.24) is 14.9 Å². The average molecular weight is 407 g/mol. The summed E-state index contributed by atoms with van der Waals surface area (Å²) in [4.78, 5) is 23.5. The molecule has 1 unspecified atom stereocenters. The molecule has 1 fully saturated rings. The highest BCUT2D eigenvalue weighted by atomic mass is 19.1. The third-order valence-corrected chi connectivity index (χ3v) is 5.24. The predicted molar refractivity (Wildman–Crippen MR) is 106 cm³/mol. The molecule has 0 spiro atoms. The number of rotatable bonds is 5. The van der Waals surface area contributed by atoms with Crippen LogP contribution in [-0.2, 0) is 11.2 Å². The summed E-state index contributed by atoms with van der Waals surface area (Å²) in [5.74, 6) is -1.65. The SMILES string of the molecule is N#Cc1ccc(CC(c2cnc[nH]2)N2CCN(c3cc(F)cc(F)c3)C(=O)C2)cc1. The van der Waals surface area contributed by atoms with Crippen molar-refractivity contribution in [3.63, 3.8) is 0 Å². The van der Waals surface area contributed by atoms with Gasteiger partial charge in [-0.05, 0) is 36.2 Å². The molecule has 0 bridgehead atoms. The van der Waals surface area contributed by atoms with Crippen molar-refractivity contribution in [2.75, 3.05) is 24.5 Å². The van der Waals surface area contributed by atoms with Gasteiger partial charge >= 0.3 is 0 Å². The van der Waals surface area contributed by atoms with Crippen molar-refractivity contribution in [2.24, 2.45) is 0 Å². The van der Waals surface area contributed by atoms with Crippen LogP contribution in [0.3, 0.4) is 0 Å². The van der Waals surface area contributed by atoms with Gasteiger partial charge in [0, 0.05) is 31.0 Å². The molecular weight excluding hydrogens is 388 g/mol. The second kappa shape index (κ2) is 8.43. The van der Waals surface area contributed by atoms with Crippen molar-refractivity contribution < 1.29 is 13.6 Å². The van der Waals surface area contributed by atoms with Crippen LogP contribution in [-0.4, -0.2) is 40.4 Å². The van der Waals surface area contributed by atoms with Gasteiger partial charge in [0.05, 0.1) is 36.2 Å². The number of carbonyl (C=O) groups is 1. The first-order valence-electron chi connectivity index (χ1n) is 9.51. The summed E-state index contributed by atoms with van der Waals surface area (Å²) >= 11 is 0. The first-order chi connectivity index (χ1) is 14.5. The van der Waals surface area contributed by atoms with Crippen LogP contribution in [0.15, 0.2) is 55.0 Å². The fourth-order valence-electron chi connectivity index (χ4n) is 3.75. The first-order valence-corrected chi connectivity index (χ1v) is 9.51. The van der Waals surface area contributed by atoms with Crippen LogP contribution in [0.25, 0.3) is 0 Å². The van der Waals surface area contributed by atoms with Crippen LogP contribution in [0, 0.1) is 23.0 Å². The second-order valence-electron chi connectivity index (χ2n) is 7.18. The van der Waals surface area contributed by atoms with Gasteiger partial charge in [0.25, 0.3) is 0 Å². The number of imidazole rings is 1. The van der Waals surface area contributed by atoms with Crippen molar-refractivity contribution in [3.05, 3.63) is 83.4 Å². The number of amides is 1. The molecule has 1 aliphatic rings. The first kappa shape index (κ1) is 19.7. The molecule has 6 nitrogen and oxygen atoms in total. The van der Waals surface area contributed by atoms with Crippen molar-refractivity contribution >= 4 is 11.6 Å². The molecule has 1 saturated heterocycles. The maximum Gasteiger partial charge on any atom is 0.241 e. The van der Waals surface area contributed by atoms with Gasteiger partial charge in [0.15, 0.2) is 0 Å². The topological polar surface area (TPSA) is 76.0 Å². The Kier molecular flexibility index (Phi) is 5.55. The molecule has 1 atom stereocenters. The van der Waals surface area contributed by atoms with Gasteiger partial charge < -0.3 is 9.88 Å². The lowest BCUT2D eigenvalue weighted by Gasteiger charge is -2.38. The van der Waals surface area contributed by atoms with Crippen LogP contribution >= 0.6 is 0 Å². The molecule has 2 aromatic carbocycles. The van der Waals surface area contributed by atoms with E-state index in [2.05, 4.69) is 16.0 Å². The fourth-order valence-corrected chi connectivity index (χ4v) is 3.75. The quantitative estimate of drug-likeness (QED) is 0.705. The summed E-state index contributed by atoms with van der Waals surface area (Å²) in [7, 11) is 0. The number of nitriles is 1. The Morgan fingerprint density at radius 1 is 1.13 bits per heavy atom. The Bertz CT molecular complexity index is 1060. The van der Waals surface area contributed by atoms with Gasteiger partial charge in [-0.25, -0.2) is 13.8 Å². The minimum absolute atomic E-state index is 0.109. The Morgan fingerprint density at radius 2 is 1.87 bits per heavy atom. The standard InChI is InChI=1S/C22H19F2N5O/c23-17-8-18(24)10-19(9-17)29-6-5-28(13-22(29)30)21(20-12-26-14-27-20)7-15-1-3-16(11-25)4-2-15/h1-4,8-10,12,14,21H,5-7,13H2,(H,26,27). The zero-order valence-electron chi connectivity index (χ0n) is 16.1. The Morgan fingerprint density at radius 3 is 2.47 bits per heavy atom. The van der Waals surface area contributed by atoms with E-state index in [1.807, 2.05) is 17.0 Å². The fraction of sp³-hybridized carbons (Fsp3) is 0.227. The van der Waals surface area contributed by atoms with E-state index in [9.17, 15) is 13.6 Å². The van der Waals surface area contributed by atoms with E-state index in [-0.39, 0.29) is 24.2 Å². The highest BCUT2D eigenvalue weighted by molar-refractivity contribution is 5.95. The largest absolute Gasteiger partial charge is 0.347 e. The van der Waals surface area contributed by atoms with Crippen LogP contribution in [0.4, 0.5) is 14.5 Å². The molecule has 1 amide bonds. The second-order valence-corrected chi connectivity index (χ2v) is 7.18. The van der Waals surface area contributed by atoms with Gasteiger partial charge in [0.2, 0.25) is 5.91 Å². The van der Waals surface area contributed by atoms with Gasteiger partial charge in [-0.1, -0.05) is 12.1 Å². The molecule has 152 valence electrons. The van der Waals surface area contributed by atoms with E-state index >= 15 is 0 Å². The third kappa shape index (κ3) is 4.21. The number of aromatic nitrogens is 2. The number of nitrogens with zero attached hydrogens (tertiary/aromatic N) is 4. The number of halogens is 2. The van der Waals surface area contributed by atoms with Crippen LogP contribution in [0.5, 0.6) is 0 Å². The molecule has 8 heteroatoms. The summed E-state index contributed by atoms with van der Waals surface area (Å²) in [6, 6.07) is 12.4. The maximum absolute atomic E-state index is 13.6. The van der Waals surface area contributed by atoms with Crippen LogP contribution in [0.2, 0.25) is 0 Å². The number of carbonyl (C=O) groups excluding carboxylic acids is 1. The van der Waals surface area contributed by atoms with Crippen LogP contribution in [0.1, 0.15) is 22.9 Å². The number of anilines is 1. The molecule has 1 aromatic heterocycles. The van der Waals surface area contributed by atoms with Crippen LogP contribution < -0.4 is 4.90 Å². The number of benzene rings is 2. The van der Waals surface area contributed by atoms with Crippen molar-refractivity contribution in [2.45, 2.75) is 12.5 Å². The van der Waals surface area contributed by atoms with Gasteiger partial charge in [-0.2, -0.15) is 5.26 Å². The number of H-pyrrole nitrogens is 1. The molecule has 1 aliphatic heterocycles. The van der Waals surface area contributed by atoms with Gasteiger partial charge in [-0.3, -0.25) is 9.69 Å². The number of hydrogen-bond donors (Lipinski definition) is 1. The zero-order valence-corrected chi connectivity index (χ0v) is 16.1. The predicted octanol–water partition coefficient (Wildman–Crippen LogP) is 3.19. The van der Waals surface area contributed by atoms with E-state index in [4.69, 9.17) is 5.26 Å². The van der Waals surface area contributed by atoms with E-state index < -0.39 is 11.6 Å². The van der Waals surface area contributed by atoms with E-state index in [1.54, 1.807) is 24.7 Å². The van der Waals surface area contributed by atoms with E-state index in [0.29, 0.717) is 25.1 Å². The highest BCUT2D eigenvalue weighted by Gasteiger charge is 2.31. The molecular formula is C22H19F2N5O. The zero-order chi connectivity index (χ0) is 21.1. The number of hydrogen-bond acceptors (Lipinski definition) is 4. The number of piperazine rings is 1. The lowest BCUT2D eigenvalue weighted by Crippen LogP contribution is -2.52. The molecule has 2 heterocycles. The van der Waals surface area contributed by atoms with Gasteiger partial charge in [-0.15, -0.1) is 0 Å². The number of aromatic amines is 1. The Hall–Kier alpha value is -3.57. The smallest absolute Gasteiger partial charge is 0.241 e. The molecule has 4 rings (SSSR count). The Balaban J connectivity index is 1.54. The number of nitrogens with one attached hydrogen (secondary N) is 1. The molecule has 0 radical (unpaired) electrons. The lowest BCUT2D eigenvalue weighted by molar-refractivity contribution is -0.122. The maximum atomic E-state index is 13.6. The monoisotopic (exact) mass is 407 g/mol. The normalized spacial score (nSPS) is 15.8. The molecule has 30 heavy (non-hydrogen) atoms. The van der Waals surface area contributed by atoms with E-state index in [0.717, 1.165) is 17.3 Å². The summed E-state index contributed by atoms with van der Waals surface area (Å²) < 4.78 is 27.2.